The van der Waals surface area contributed by atoms with Crippen molar-refractivity contribution in [1.29, 1.82) is 0 Å². The predicted octanol–water partition coefficient (Wildman–Crippen LogP) is 7.05. The minimum atomic E-state index is -5.54. The topological polar surface area (TPSA) is 270 Å². The molecule has 1 spiro atoms. The van der Waals surface area contributed by atoms with Crippen molar-refractivity contribution < 1.29 is 106 Å². The van der Waals surface area contributed by atoms with Crippen LogP contribution in [0.25, 0.3) is 0 Å². The molecule has 0 radical (unpaired) electrons. The molecule has 2 saturated heterocycles. The molecule has 614 valence electrons. The fourth-order valence-electron chi connectivity index (χ4n) is 16.1. The molecule has 0 aromatic heterocycles. The monoisotopic (exact) mass is 1580 g/mol. The van der Waals surface area contributed by atoms with Crippen LogP contribution in [0.1, 0.15) is 152 Å². The Bertz CT molecular complexity index is 3780. The van der Waals surface area contributed by atoms with Crippen molar-refractivity contribution in [2.24, 2.45) is 23.7 Å². The Morgan fingerprint density at radius 2 is 1.23 bits per heavy atom. The summed E-state index contributed by atoms with van der Waals surface area (Å²) in [6, 6.07) is -9.14. The van der Waals surface area contributed by atoms with Crippen molar-refractivity contribution in [2.45, 2.75) is 215 Å². The van der Waals surface area contributed by atoms with Gasteiger partial charge in [0, 0.05) is 75.9 Å². The van der Waals surface area contributed by atoms with Gasteiger partial charge in [0.2, 0.25) is 70.9 Å². The van der Waals surface area contributed by atoms with Gasteiger partial charge in [0.1, 0.15) is 71.1 Å². The van der Waals surface area contributed by atoms with Crippen LogP contribution in [0, 0.1) is 35.3 Å². The SMILES string of the molecule is CC[C@H](C)[C@@H]1NC(=O)[C@H](CC2CCCC2)N(C)C(=O)C[C@@H](C(=O)N(C)C)N(C)C(=O)[C@H](C2CCCC2)N(C)C(=O)C2(CCC2)NC(=O)[C@@H]2C[C@@H](C(F)(F)F)CN2C(=O)[C@@H](CCc2cc(F)c(C(F)(F)F)c(F)c2)NC(=O)CN(C)C(=O)[C@H](Cc2ccc(C(F)(F)F)cc2)N2CC/C=C\C[C@@H](C2=O)N(C)C(=O)CN(C)C1=O. The number of nitrogens with zero attached hydrogens (tertiary/aromatic N) is 9. The van der Waals surface area contributed by atoms with Crippen LogP contribution in [0.2, 0.25) is 0 Å². The number of likely N-dealkylation sites (N-methyl/N-ethyl adjacent to an activating group) is 7. The van der Waals surface area contributed by atoms with Crippen LogP contribution in [-0.2, 0) is 82.7 Å². The van der Waals surface area contributed by atoms with E-state index in [2.05, 4.69) is 16.0 Å². The highest BCUT2D eigenvalue weighted by atomic mass is 19.4. The normalized spacial score (nSPS) is 26.7. The zero-order valence-electron chi connectivity index (χ0n) is 64.1. The molecule has 3 aliphatic heterocycles. The standard InChI is InChI=1S/C76H101F11N12O12/c1-11-43(2)62-70(109)93(6)42-60(102)94(7)53-24-13-12-18-33-98(69(53)108)57(37-45-25-28-48(29-26-45)74(79,80)81)68(107)92(5)41-58(100)88-52(30-27-46-34-50(77)61(51(78)35-46)76(85,86)87)66(105)99-40-49(75(82,83)84)38-55(99)65(104)90-73(31-19-32-73)72(111)97(10)63(47-22-16-17-23-47)71(110)96(9)56(67(106)91(3)4)39-59(101)95(8)54(64(103)89-62)36-44-20-14-15-21-44/h12-13,25-26,28-29,34-35,43-44,47,49,52-57,62-63H,11,14-24,27,30-33,36-42H2,1-10H3,(H,88,100)(H,89,103)(H,90,104)/b13-12-/t43-,49+,52+,53-,54-,55-,56-,57-,62-,63-/m0/s1. The summed E-state index contributed by atoms with van der Waals surface area (Å²) in [5.74, 6) is -19.7. The van der Waals surface area contributed by atoms with E-state index >= 15 is 60.3 Å². The number of carbonyl (C=O) groups excluding carboxylic acids is 12. The number of benzene rings is 2. The van der Waals surface area contributed by atoms with E-state index in [1.165, 1.54) is 49.3 Å². The second kappa shape index (κ2) is 36.2. The van der Waals surface area contributed by atoms with E-state index in [0.717, 1.165) is 71.2 Å². The van der Waals surface area contributed by atoms with Crippen molar-refractivity contribution in [2.75, 3.05) is 82.6 Å². The summed E-state index contributed by atoms with van der Waals surface area (Å²) in [5, 5.41) is 7.78. The van der Waals surface area contributed by atoms with Crippen LogP contribution in [-0.4, -0.2) is 258 Å². The molecule has 3 saturated carbocycles. The van der Waals surface area contributed by atoms with E-state index < -0.39 is 241 Å². The molecule has 2 aromatic carbocycles. The van der Waals surface area contributed by atoms with Crippen molar-refractivity contribution in [1.82, 2.24) is 60.0 Å². The van der Waals surface area contributed by atoms with Crippen molar-refractivity contribution in [3.63, 3.8) is 0 Å². The first kappa shape index (κ1) is 87.6. The highest BCUT2D eigenvalue weighted by molar-refractivity contribution is 6.01. The summed E-state index contributed by atoms with van der Waals surface area (Å²) in [4.78, 5) is 189. The van der Waals surface area contributed by atoms with Gasteiger partial charge in [0.05, 0.1) is 31.0 Å². The number of amides is 12. The molecule has 8 rings (SSSR count). The number of alkyl halides is 9. The van der Waals surface area contributed by atoms with Gasteiger partial charge in [-0.2, -0.15) is 39.5 Å². The van der Waals surface area contributed by atoms with Crippen LogP contribution in [0.3, 0.4) is 0 Å². The number of nitrogens with one attached hydrogen (secondary N) is 3. The highest BCUT2D eigenvalue weighted by Gasteiger charge is 2.56. The lowest BCUT2D eigenvalue weighted by atomic mass is 9.74. The maximum Gasteiger partial charge on any atom is 0.422 e. The van der Waals surface area contributed by atoms with Gasteiger partial charge >= 0.3 is 18.5 Å². The molecule has 2 bridgehead atoms. The van der Waals surface area contributed by atoms with Gasteiger partial charge < -0.3 is 60.0 Å². The van der Waals surface area contributed by atoms with E-state index in [-0.39, 0.29) is 68.7 Å². The van der Waals surface area contributed by atoms with E-state index in [9.17, 15) is 45.5 Å². The first-order chi connectivity index (χ1) is 51.9. The molecule has 3 N–H and O–H groups in total. The Morgan fingerprint density at radius 1 is 0.631 bits per heavy atom. The van der Waals surface area contributed by atoms with Gasteiger partial charge in [-0.25, -0.2) is 8.78 Å². The fourth-order valence-corrected chi connectivity index (χ4v) is 16.1. The highest BCUT2D eigenvalue weighted by Crippen LogP contribution is 2.42. The molecular weight excluding hydrogens is 1480 g/mol. The fraction of sp³-hybridized carbons (Fsp3) is 0.658. The summed E-state index contributed by atoms with van der Waals surface area (Å²) >= 11 is 0. The second-order valence-corrected chi connectivity index (χ2v) is 30.9. The molecule has 3 aliphatic carbocycles. The van der Waals surface area contributed by atoms with Gasteiger partial charge in [-0.3, -0.25) is 57.5 Å². The van der Waals surface area contributed by atoms with Gasteiger partial charge in [0.15, 0.2) is 0 Å². The van der Waals surface area contributed by atoms with Crippen molar-refractivity contribution >= 4 is 70.9 Å². The minimum Gasteiger partial charge on any atom is -0.347 e. The van der Waals surface area contributed by atoms with E-state index in [1.807, 2.05) is 0 Å². The first-order valence-corrected chi connectivity index (χ1v) is 37.6. The first-order valence-electron chi connectivity index (χ1n) is 37.6. The quantitative estimate of drug-likeness (QED) is 0.151. The average molecular weight is 1580 g/mol. The number of halogens is 11. The average Bonchev–Trinajstić information content (AvgIpc) is 1.52. The number of rotatable bonds is 11. The van der Waals surface area contributed by atoms with E-state index in [1.54, 1.807) is 26.0 Å². The molecule has 24 nitrogen and oxygen atoms in total. The van der Waals surface area contributed by atoms with Crippen LogP contribution in [0.15, 0.2) is 48.6 Å². The summed E-state index contributed by atoms with van der Waals surface area (Å²) in [6.45, 7) is -0.0127. The summed E-state index contributed by atoms with van der Waals surface area (Å²) in [6.07, 6.45) is -11.4. The number of carbonyl (C=O) groups is 12. The summed E-state index contributed by atoms with van der Waals surface area (Å²) < 4.78 is 159. The number of hydrogen-bond donors (Lipinski definition) is 3. The minimum absolute atomic E-state index is 0.0357. The molecule has 3 heterocycles. The van der Waals surface area contributed by atoms with Gasteiger partial charge in [0.25, 0.3) is 0 Å². The van der Waals surface area contributed by atoms with Crippen LogP contribution in [0.4, 0.5) is 48.3 Å². The van der Waals surface area contributed by atoms with Crippen LogP contribution in [0.5, 0.6) is 0 Å². The zero-order chi connectivity index (χ0) is 82.3. The third-order valence-corrected chi connectivity index (χ3v) is 23.2. The smallest absolute Gasteiger partial charge is 0.347 e. The van der Waals surface area contributed by atoms with E-state index in [0.29, 0.717) is 62.0 Å². The number of fused-ring (bicyclic) bond motifs is 3. The maximum absolute atomic E-state index is 15.5. The lowest BCUT2D eigenvalue weighted by molar-refractivity contribution is -0.171. The Labute approximate surface area is 637 Å². The third kappa shape index (κ3) is 20.7. The van der Waals surface area contributed by atoms with Gasteiger partial charge in [-0.15, -0.1) is 0 Å². The molecular formula is C76H101F11N12O12. The molecule has 35 heteroatoms. The van der Waals surface area contributed by atoms with E-state index in [4.69, 9.17) is 0 Å². The molecule has 12 amide bonds. The van der Waals surface area contributed by atoms with Gasteiger partial charge in [-0.1, -0.05) is 83.1 Å². The lowest BCUT2D eigenvalue weighted by Crippen LogP contribution is -2.68. The summed E-state index contributed by atoms with van der Waals surface area (Å²) in [5.41, 5.74) is -5.87. The third-order valence-electron chi connectivity index (χ3n) is 23.2. The Morgan fingerprint density at radius 3 is 1.79 bits per heavy atom. The Balaban J connectivity index is 1.24. The lowest BCUT2D eigenvalue weighted by Gasteiger charge is -2.46. The zero-order valence-corrected chi connectivity index (χ0v) is 64.1. The molecule has 0 unspecified atom stereocenters. The molecule has 10 atom stereocenters. The van der Waals surface area contributed by atoms with Crippen LogP contribution >= 0.6 is 0 Å². The Hall–Kier alpha value is -8.95. The second-order valence-electron chi connectivity index (χ2n) is 30.9. The molecule has 5 fully saturated rings. The Kier molecular flexibility index (Phi) is 28.6. The number of hydrogen-bond acceptors (Lipinski definition) is 12. The van der Waals surface area contributed by atoms with Crippen LogP contribution < -0.4 is 16.0 Å². The molecule has 6 aliphatic rings. The van der Waals surface area contributed by atoms with Crippen molar-refractivity contribution in [3.05, 3.63) is 82.4 Å². The molecule has 2 aromatic rings. The van der Waals surface area contributed by atoms with Gasteiger partial charge in [-0.05, 0) is 124 Å². The maximum atomic E-state index is 15.5. The molecule has 111 heavy (non-hydrogen) atoms. The largest absolute Gasteiger partial charge is 0.422 e. The predicted molar refractivity (Wildman–Crippen MR) is 380 cm³/mol. The van der Waals surface area contributed by atoms with Crippen molar-refractivity contribution in [3.8, 4) is 0 Å². The summed E-state index contributed by atoms with van der Waals surface area (Å²) in [7, 11) is 10.2. The number of aryl methyl sites for hydroxylation is 1.